The predicted molar refractivity (Wildman–Crippen MR) is 105 cm³/mol. The number of carbonyl (C=O) groups is 2. The van der Waals surface area contributed by atoms with Crippen LogP contribution in [-0.2, 0) is 27.3 Å². The monoisotopic (exact) mass is 405 g/mol. The molecule has 0 saturated heterocycles. The number of amides is 1. The molecule has 2 atom stereocenters. The fourth-order valence-electron chi connectivity index (χ4n) is 2.69. The molecule has 0 spiro atoms. The number of carbonyl (C=O) groups excluding carboxylic acids is 1. The number of methoxy groups -OCH3 is 2. The van der Waals surface area contributed by atoms with Crippen LogP contribution in [0, 0.1) is 0 Å². The van der Waals surface area contributed by atoms with Crippen molar-refractivity contribution in [2.75, 3.05) is 20.0 Å². The average Bonchev–Trinajstić information content (AvgIpc) is 2.73. The molecule has 0 heterocycles. The summed E-state index contributed by atoms with van der Waals surface area (Å²) in [6, 6.07) is 14.7. The fourth-order valence-corrected chi connectivity index (χ4v) is 3.80. The van der Waals surface area contributed by atoms with Crippen molar-refractivity contribution >= 4 is 23.2 Å². The number of esters is 1. The van der Waals surface area contributed by atoms with E-state index in [9.17, 15) is 19.2 Å². The van der Waals surface area contributed by atoms with Crippen LogP contribution in [0.5, 0.6) is 5.75 Å². The summed E-state index contributed by atoms with van der Waals surface area (Å²) in [5, 5.41) is 9.62. The molecule has 0 aliphatic carbocycles. The molecule has 0 aliphatic rings. The third-order valence-electron chi connectivity index (χ3n) is 4.19. The van der Waals surface area contributed by atoms with Gasteiger partial charge in [0.2, 0.25) is 0 Å². The van der Waals surface area contributed by atoms with Gasteiger partial charge in [-0.1, -0.05) is 30.3 Å². The van der Waals surface area contributed by atoms with Gasteiger partial charge in [-0.25, -0.2) is 9.59 Å². The summed E-state index contributed by atoms with van der Waals surface area (Å²) >= 11 is -1.39. The van der Waals surface area contributed by atoms with Crippen molar-refractivity contribution in [1.82, 2.24) is 4.90 Å². The van der Waals surface area contributed by atoms with E-state index in [-0.39, 0.29) is 18.7 Å². The lowest BCUT2D eigenvalue weighted by Gasteiger charge is -2.27. The van der Waals surface area contributed by atoms with Crippen LogP contribution in [0.25, 0.3) is 0 Å². The quantitative estimate of drug-likeness (QED) is 0.509. The van der Waals surface area contributed by atoms with Gasteiger partial charge >= 0.3 is 12.1 Å². The highest BCUT2D eigenvalue weighted by Crippen LogP contribution is 2.20. The van der Waals surface area contributed by atoms with Gasteiger partial charge < -0.3 is 19.1 Å². The third-order valence-corrected chi connectivity index (χ3v) is 5.59. The van der Waals surface area contributed by atoms with E-state index in [0.29, 0.717) is 10.6 Å². The van der Waals surface area contributed by atoms with Crippen LogP contribution in [0.1, 0.15) is 12.0 Å². The number of ether oxygens (including phenoxy) is 2. The molecule has 28 heavy (non-hydrogen) atoms. The number of rotatable bonds is 9. The van der Waals surface area contributed by atoms with Gasteiger partial charge in [-0.3, -0.25) is 4.90 Å². The highest BCUT2D eigenvalue weighted by Gasteiger charge is 2.32. The first kappa shape index (κ1) is 21.6. The summed E-state index contributed by atoms with van der Waals surface area (Å²) in [6.45, 7) is 0.0328. The Bertz CT molecular complexity index is 768. The van der Waals surface area contributed by atoms with Crippen LogP contribution in [-0.4, -0.2) is 52.6 Å². The summed E-state index contributed by atoms with van der Waals surface area (Å²) in [5.74, 6) is 0.0863. The SMILES string of the molecule is COC(=O)[C@H](CC[S+]([O-])c1ccc(OC)cc1)N(Cc1ccccc1)C(=O)O. The first-order valence-corrected chi connectivity index (χ1v) is 9.92. The predicted octanol–water partition coefficient (Wildman–Crippen LogP) is 2.91. The summed E-state index contributed by atoms with van der Waals surface area (Å²) in [6.07, 6.45) is -1.17. The topological polar surface area (TPSA) is 99.1 Å². The summed E-state index contributed by atoms with van der Waals surface area (Å²) in [5.41, 5.74) is 0.745. The van der Waals surface area contributed by atoms with E-state index in [1.807, 2.05) is 6.07 Å². The van der Waals surface area contributed by atoms with Crippen molar-refractivity contribution in [2.24, 2.45) is 0 Å². The lowest BCUT2D eigenvalue weighted by Crippen LogP contribution is -2.45. The van der Waals surface area contributed by atoms with Crippen molar-refractivity contribution in [1.29, 1.82) is 0 Å². The number of nitrogens with zero attached hydrogens (tertiary/aromatic N) is 1. The lowest BCUT2D eigenvalue weighted by atomic mass is 10.1. The second kappa shape index (κ2) is 10.6. The lowest BCUT2D eigenvalue weighted by molar-refractivity contribution is -0.146. The molecule has 0 aliphatic heterocycles. The van der Waals surface area contributed by atoms with Crippen molar-refractivity contribution in [3.05, 3.63) is 60.2 Å². The minimum Gasteiger partial charge on any atom is -0.611 e. The molecular weight excluding hydrogens is 382 g/mol. The van der Waals surface area contributed by atoms with Crippen molar-refractivity contribution in [3.8, 4) is 5.75 Å². The van der Waals surface area contributed by atoms with Crippen LogP contribution < -0.4 is 4.74 Å². The minimum absolute atomic E-state index is 0.0328. The van der Waals surface area contributed by atoms with Gasteiger partial charge in [-0.2, -0.15) is 0 Å². The van der Waals surface area contributed by atoms with Gasteiger partial charge in [0.25, 0.3) is 0 Å². The molecule has 0 aromatic heterocycles. The van der Waals surface area contributed by atoms with Crippen LogP contribution in [0.2, 0.25) is 0 Å². The zero-order valence-corrected chi connectivity index (χ0v) is 16.6. The maximum absolute atomic E-state index is 12.6. The van der Waals surface area contributed by atoms with Crippen LogP contribution >= 0.6 is 0 Å². The van der Waals surface area contributed by atoms with Crippen molar-refractivity contribution in [2.45, 2.75) is 23.9 Å². The number of hydrogen-bond donors (Lipinski definition) is 1. The standard InChI is InChI=1S/C20H23NO6S/c1-26-16-8-10-17(11-9-16)28(25)13-12-18(19(22)27-2)21(20(23)24)14-15-6-4-3-5-7-15/h3-11,18H,12-14H2,1-2H3,(H,23,24)/t18-,28?/m0/s1. The highest BCUT2D eigenvalue weighted by atomic mass is 32.2. The molecule has 7 nitrogen and oxygen atoms in total. The van der Waals surface area contributed by atoms with Crippen molar-refractivity contribution < 1.29 is 28.7 Å². The van der Waals surface area contributed by atoms with Crippen LogP contribution in [0.15, 0.2) is 59.5 Å². The van der Waals surface area contributed by atoms with Gasteiger partial charge in [0.15, 0.2) is 4.90 Å². The number of benzene rings is 2. The van der Waals surface area contributed by atoms with E-state index in [1.54, 1.807) is 55.6 Å². The molecule has 2 aromatic rings. The van der Waals surface area contributed by atoms with E-state index >= 15 is 0 Å². The Morgan fingerprint density at radius 3 is 2.29 bits per heavy atom. The average molecular weight is 405 g/mol. The minimum atomic E-state index is -1.39. The molecule has 8 heteroatoms. The fraction of sp³-hybridized carbons (Fsp3) is 0.300. The van der Waals surface area contributed by atoms with E-state index in [2.05, 4.69) is 0 Å². The maximum Gasteiger partial charge on any atom is 0.408 e. The Labute approximate surface area is 167 Å². The Hall–Kier alpha value is -2.71. The summed E-state index contributed by atoms with van der Waals surface area (Å²) in [4.78, 5) is 25.6. The first-order valence-electron chi connectivity index (χ1n) is 8.60. The summed E-state index contributed by atoms with van der Waals surface area (Å²) in [7, 11) is 2.75. The van der Waals surface area contributed by atoms with Crippen LogP contribution in [0.4, 0.5) is 4.79 Å². The first-order chi connectivity index (χ1) is 13.5. The normalized spacial score (nSPS) is 12.7. The zero-order chi connectivity index (χ0) is 20.5. The molecule has 2 rings (SSSR count). The molecule has 1 N–H and O–H groups in total. The molecule has 0 radical (unpaired) electrons. The molecule has 0 bridgehead atoms. The smallest absolute Gasteiger partial charge is 0.408 e. The molecule has 2 aromatic carbocycles. The molecule has 0 fully saturated rings. The Morgan fingerprint density at radius 2 is 1.75 bits per heavy atom. The number of hydrogen-bond acceptors (Lipinski definition) is 5. The maximum atomic E-state index is 12.6. The van der Waals surface area contributed by atoms with Gasteiger partial charge in [-0.15, -0.1) is 0 Å². The van der Waals surface area contributed by atoms with Gasteiger partial charge in [0.1, 0.15) is 17.5 Å². The van der Waals surface area contributed by atoms with E-state index in [1.165, 1.54) is 7.11 Å². The zero-order valence-electron chi connectivity index (χ0n) is 15.7. The molecule has 0 saturated carbocycles. The van der Waals surface area contributed by atoms with E-state index < -0.39 is 29.3 Å². The molecular formula is C20H23NO6S. The van der Waals surface area contributed by atoms with Crippen molar-refractivity contribution in [3.63, 3.8) is 0 Å². The van der Waals surface area contributed by atoms with E-state index in [0.717, 1.165) is 10.5 Å². The second-order valence-electron chi connectivity index (χ2n) is 5.95. The van der Waals surface area contributed by atoms with Gasteiger partial charge in [0.05, 0.1) is 14.2 Å². The third kappa shape index (κ3) is 5.90. The van der Waals surface area contributed by atoms with Crippen LogP contribution in [0.3, 0.4) is 0 Å². The molecule has 1 unspecified atom stereocenters. The summed E-state index contributed by atoms with van der Waals surface area (Å²) < 4.78 is 22.4. The Kier molecular flexibility index (Phi) is 8.16. The highest BCUT2D eigenvalue weighted by molar-refractivity contribution is 7.91. The second-order valence-corrected chi connectivity index (χ2v) is 7.52. The van der Waals surface area contributed by atoms with Gasteiger partial charge in [0, 0.05) is 13.0 Å². The van der Waals surface area contributed by atoms with E-state index in [4.69, 9.17) is 9.47 Å². The molecule has 150 valence electrons. The Balaban J connectivity index is 2.12. The Morgan fingerprint density at radius 1 is 1.11 bits per heavy atom. The molecule has 1 amide bonds. The number of carboxylic acid groups (broad SMARTS) is 1. The van der Waals surface area contributed by atoms with Gasteiger partial charge in [-0.05, 0) is 41.0 Å². The largest absolute Gasteiger partial charge is 0.611 e.